The molecule has 7 nitrogen and oxygen atoms in total. The van der Waals surface area contributed by atoms with Gasteiger partial charge in [0.05, 0.1) is 6.26 Å². The second kappa shape index (κ2) is 9.80. The van der Waals surface area contributed by atoms with Crippen LogP contribution in [0.2, 0.25) is 0 Å². The SMILES string of the molecule is CCC1CCCN(C(C)(C)CNC(=O)Nc2ccc(NC(=O)c3ccco3)cc2)C1. The number of urea groups is 1. The Morgan fingerprint density at radius 3 is 2.47 bits per heavy atom. The maximum atomic E-state index is 12.4. The lowest BCUT2D eigenvalue weighted by molar-refractivity contribution is 0.0669. The van der Waals surface area contributed by atoms with E-state index in [0.717, 1.165) is 19.0 Å². The fourth-order valence-electron chi connectivity index (χ4n) is 3.77. The van der Waals surface area contributed by atoms with Crippen LogP contribution in [0.25, 0.3) is 0 Å². The second-order valence-electron chi connectivity index (χ2n) is 8.49. The van der Waals surface area contributed by atoms with Gasteiger partial charge in [0, 0.05) is 30.0 Å². The van der Waals surface area contributed by atoms with Crippen molar-refractivity contribution in [2.24, 2.45) is 5.92 Å². The lowest BCUT2D eigenvalue weighted by atomic mass is 9.91. The van der Waals surface area contributed by atoms with Crippen LogP contribution >= 0.6 is 0 Å². The summed E-state index contributed by atoms with van der Waals surface area (Å²) in [6.45, 7) is 9.37. The average molecular weight is 413 g/mol. The molecule has 1 atom stereocenters. The van der Waals surface area contributed by atoms with Gasteiger partial charge in [0.2, 0.25) is 0 Å². The van der Waals surface area contributed by atoms with Gasteiger partial charge in [-0.15, -0.1) is 0 Å². The lowest BCUT2D eigenvalue weighted by Crippen LogP contribution is -2.55. The van der Waals surface area contributed by atoms with E-state index in [9.17, 15) is 9.59 Å². The molecule has 0 saturated carbocycles. The van der Waals surface area contributed by atoms with E-state index in [2.05, 4.69) is 41.6 Å². The van der Waals surface area contributed by atoms with Gasteiger partial charge in [-0.05, 0) is 75.5 Å². The average Bonchev–Trinajstić information content (AvgIpc) is 3.29. The van der Waals surface area contributed by atoms with Gasteiger partial charge >= 0.3 is 6.03 Å². The van der Waals surface area contributed by atoms with Crippen molar-refractivity contribution in [3.63, 3.8) is 0 Å². The normalized spacial score (nSPS) is 17.4. The molecule has 1 aromatic carbocycles. The van der Waals surface area contributed by atoms with Crippen LogP contribution in [0, 0.1) is 5.92 Å². The highest BCUT2D eigenvalue weighted by molar-refractivity contribution is 6.02. The van der Waals surface area contributed by atoms with Crippen LogP contribution in [0.5, 0.6) is 0 Å². The van der Waals surface area contributed by atoms with Gasteiger partial charge in [-0.1, -0.05) is 13.3 Å². The van der Waals surface area contributed by atoms with E-state index >= 15 is 0 Å². The molecular weight excluding hydrogens is 380 g/mol. The van der Waals surface area contributed by atoms with Gasteiger partial charge in [-0.2, -0.15) is 0 Å². The highest BCUT2D eigenvalue weighted by Gasteiger charge is 2.31. The summed E-state index contributed by atoms with van der Waals surface area (Å²) < 4.78 is 5.07. The van der Waals surface area contributed by atoms with Crippen LogP contribution < -0.4 is 16.0 Å². The van der Waals surface area contributed by atoms with E-state index in [-0.39, 0.29) is 23.2 Å². The molecule has 7 heteroatoms. The van der Waals surface area contributed by atoms with Crippen LogP contribution in [0.15, 0.2) is 47.1 Å². The van der Waals surface area contributed by atoms with Crippen LogP contribution in [0.3, 0.4) is 0 Å². The molecule has 0 aliphatic carbocycles. The molecule has 3 rings (SSSR count). The van der Waals surface area contributed by atoms with Gasteiger partial charge in [-0.3, -0.25) is 9.69 Å². The Kier molecular flexibility index (Phi) is 7.15. The largest absolute Gasteiger partial charge is 0.459 e. The van der Waals surface area contributed by atoms with E-state index in [1.807, 2.05) is 0 Å². The lowest BCUT2D eigenvalue weighted by Gasteiger charge is -2.43. The molecular formula is C23H32N4O3. The van der Waals surface area contributed by atoms with Gasteiger partial charge < -0.3 is 20.4 Å². The van der Waals surface area contributed by atoms with Crippen molar-refractivity contribution in [3.8, 4) is 0 Å². The first kappa shape index (κ1) is 21.9. The van der Waals surface area contributed by atoms with Crippen molar-refractivity contribution in [2.45, 2.75) is 45.6 Å². The molecule has 3 N–H and O–H groups in total. The predicted molar refractivity (Wildman–Crippen MR) is 119 cm³/mol. The standard InChI is InChI=1S/C23H32N4O3/c1-4-17-7-5-13-27(15-17)23(2,3)16-24-22(29)26-19-11-9-18(10-12-19)25-21(28)20-8-6-14-30-20/h6,8-12,14,17H,4-5,7,13,15-16H2,1-3H3,(H,25,28)(H2,24,26,29). The number of amides is 3. The van der Waals surface area contributed by atoms with E-state index in [4.69, 9.17) is 4.42 Å². The molecule has 1 aliphatic heterocycles. The first-order valence-corrected chi connectivity index (χ1v) is 10.6. The van der Waals surface area contributed by atoms with Crippen LogP contribution in [0.4, 0.5) is 16.2 Å². The third-order valence-corrected chi connectivity index (χ3v) is 5.78. The second-order valence-corrected chi connectivity index (χ2v) is 8.49. The number of furan rings is 1. The minimum absolute atomic E-state index is 0.0921. The summed E-state index contributed by atoms with van der Waals surface area (Å²) in [7, 11) is 0. The molecule has 1 saturated heterocycles. The van der Waals surface area contributed by atoms with Crippen molar-refractivity contribution in [2.75, 3.05) is 30.3 Å². The number of benzene rings is 1. The highest BCUT2D eigenvalue weighted by Crippen LogP contribution is 2.25. The smallest absolute Gasteiger partial charge is 0.319 e. The van der Waals surface area contributed by atoms with Crippen LogP contribution in [-0.2, 0) is 0 Å². The van der Waals surface area contributed by atoms with Crippen molar-refractivity contribution < 1.29 is 14.0 Å². The quantitative estimate of drug-likeness (QED) is 0.622. The summed E-state index contributed by atoms with van der Waals surface area (Å²) in [5.74, 6) is 0.681. The van der Waals surface area contributed by atoms with E-state index in [1.54, 1.807) is 36.4 Å². The maximum Gasteiger partial charge on any atom is 0.319 e. The Bertz CT molecular complexity index is 831. The fraction of sp³-hybridized carbons (Fsp3) is 0.478. The van der Waals surface area contributed by atoms with Gasteiger partial charge in [0.25, 0.3) is 5.91 Å². The Hall–Kier alpha value is -2.80. The Labute approximate surface area is 178 Å². The number of hydrogen-bond acceptors (Lipinski definition) is 4. The summed E-state index contributed by atoms with van der Waals surface area (Å²) in [6.07, 6.45) is 5.18. The van der Waals surface area contributed by atoms with Gasteiger partial charge in [0.15, 0.2) is 5.76 Å². The fourth-order valence-corrected chi connectivity index (χ4v) is 3.77. The number of nitrogens with one attached hydrogen (secondary N) is 3. The Morgan fingerprint density at radius 2 is 1.83 bits per heavy atom. The van der Waals surface area contributed by atoms with E-state index in [0.29, 0.717) is 17.9 Å². The van der Waals surface area contributed by atoms with Crippen molar-refractivity contribution >= 4 is 23.3 Å². The molecule has 1 unspecified atom stereocenters. The van der Waals surface area contributed by atoms with Crippen molar-refractivity contribution in [3.05, 3.63) is 48.4 Å². The Balaban J connectivity index is 1.47. The maximum absolute atomic E-state index is 12.4. The zero-order valence-electron chi connectivity index (χ0n) is 18.0. The van der Waals surface area contributed by atoms with Crippen LogP contribution in [-0.4, -0.2) is 42.0 Å². The van der Waals surface area contributed by atoms with Gasteiger partial charge in [-0.25, -0.2) is 4.79 Å². The third-order valence-electron chi connectivity index (χ3n) is 5.78. The first-order chi connectivity index (χ1) is 14.4. The van der Waals surface area contributed by atoms with E-state index in [1.165, 1.54) is 25.5 Å². The molecule has 3 amide bonds. The summed E-state index contributed by atoms with van der Waals surface area (Å²) >= 11 is 0. The third kappa shape index (κ3) is 5.86. The molecule has 1 aliphatic rings. The number of piperidine rings is 1. The van der Waals surface area contributed by atoms with E-state index < -0.39 is 0 Å². The number of rotatable bonds is 7. The summed E-state index contributed by atoms with van der Waals surface area (Å²) in [6, 6.07) is 9.99. The molecule has 162 valence electrons. The number of carbonyl (C=O) groups excluding carboxylic acids is 2. The zero-order valence-corrected chi connectivity index (χ0v) is 18.0. The molecule has 0 radical (unpaired) electrons. The molecule has 1 fully saturated rings. The van der Waals surface area contributed by atoms with Crippen LogP contribution in [0.1, 0.15) is 50.6 Å². The number of anilines is 2. The molecule has 0 spiro atoms. The minimum atomic E-state index is -0.316. The Morgan fingerprint density at radius 1 is 1.13 bits per heavy atom. The van der Waals surface area contributed by atoms with Crippen molar-refractivity contribution in [1.29, 1.82) is 0 Å². The molecule has 0 bridgehead atoms. The zero-order chi connectivity index (χ0) is 21.6. The predicted octanol–water partition coefficient (Wildman–Crippen LogP) is 4.55. The molecule has 2 aromatic rings. The summed E-state index contributed by atoms with van der Waals surface area (Å²) in [5.41, 5.74) is 1.19. The highest BCUT2D eigenvalue weighted by atomic mass is 16.3. The molecule has 2 heterocycles. The minimum Gasteiger partial charge on any atom is -0.459 e. The number of nitrogens with zero attached hydrogens (tertiary/aromatic N) is 1. The monoisotopic (exact) mass is 412 g/mol. The number of hydrogen-bond donors (Lipinski definition) is 3. The summed E-state index contributed by atoms with van der Waals surface area (Å²) in [5, 5.41) is 8.59. The van der Waals surface area contributed by atoms with Gasteiger partial charge in [0.1, 0.15) is 0 Å². The number of carbonyl (C=O) groups is 2. The molecule has 30 heavy (non-hydrogen) atoms. The first-order valence-electron chi connectivity index (χ1n) is 10.6. The number of likely N-dealkylation sites (tertiary alicyclic amines) is 1. The van der Waals surface area contributed by atoms with Crippen molar-refractivity contribution in [1.82, 2.24) is 10.2 Å². The topological polar surface area (TPSA) is 86.6 Å². The summed E-state index contributed by atoms with van der Waals surface area (Å²) in [4.78, 5) is 26.8. The molecule has 1 aromatic heterocycles.